The second-order valence-corrected chi connectivity index (χ2v) is 6.63. The predicted molar refractivity (Wildman–Crippen MR) is 82.4 cm³/mol. The molecule has 2 aromatic rings. The number of hydrogen-bond acceptors (Lipinski definition) is 4. The standard InChI is InChI=1S/C17H23N3O2/c1-21-11-15-8-19(6-14-4-5-22-10-14)9-16-17(15)20(12-18-16)7-13-2-3-13/h4-5,10,12-13,15H,2-3,6-9,11H2,1H3/t15-/m1/s1. The fourth-order valence-corrected chi connectivity index (χ4v) is 3.52. The minimum atomic E-state index is 0.405. The Morgan fingerprint density at radius 2 is 2.32 bits per heavy atom. The maximum Gasteiger partial charge on any atom is 0.0952 e. The average Bonchev–Trinajstić information content (AvgIpc) is 3.00. The Kier molecular flexibility index (Phi) is 3.76. The van der Waals surface area contributed by atoms with Crippen LogP contribution in [0.15, 0.2) is 29.3 Å². The van der Waals surface area contributed by atoms with Gasteiger partial charge >= 0.3 is 0 Å². The molecular formula is C17H23N3O2. The third-order valence-corrected chi connectivity index (χ3v) is 4.70. The van der Waals surface area contributed by atoms with Gasteiger partial charge in [0.1, 0.15) is 0 Å². The van der Waals surface area contributed by atoms with E-state index >= 15 is 0 Å². The lowest BCUT2D eigenvalue weighted by atomic mass is 9.98. The van der Waals surface area contributed by atoms with Gasteiger partial charge in [0.2, 0.25) is 0 Å². The zero-order valence-electron chi connectivity index (χ0n) is 13.1. The summed E-state index contributed by atoms with van der Waals surface area (Å²) < 4.78 is 13.0. The van der Waals surface area contributed by atoms with Gasteiger partial charge < -0.3 is 13.7 Å². The quantitative estimate of drug-likeness (QED) is 0.822. The van der Waals surface area contributed by atoms with E-state index in [1.54, 1.807) is 13.4 Å². The summed E-state index contributed by atoms with van der Waals surface area (Å²) in [6.07, 6.45) is 8.34. The van der Waals surface area contributed by atoms with Crippen molar-refractivity contribution in [3.63, 3.8) is 0 Å². The molecule has 1 fully saturated rings. The highest BCUT2D eigenvalue weighted by atomic mass is 16.5. The Morgan fingerprint density at radius 3 is 3.05 bits per heavy atom. The van der Waals surface area contributed by atoms with Crippen molar-refractivity contribution in [3.05, 3.63) is 41.9 Å². The molecule has 0 unspecified atom stereocenters. The summed E-state index contributed by atoms with van der Waals surface area (Å²) in [6.45, 7) is 4.72. The second-order valence-electron chi connectivity index (χ2n) is 6.63. The molecule has 0 saturated heterocycles. The first-order valence-corrected chi connectivity index (χ1v) is 8.09. The molecule has 3 heterocycles. The second kappa shape index (κ2) is 5.89. The molecular weight excluding hydrogens is 278 g/mol. The number of rotatable bonds is 6. The third-order valence-electron chi connectivity index (χ3n) is 4.70. The van der Waals surface area contributed by atoms with Gasteiger partial charge in [-0.05, 0) is 24.8 Å². The number of furan rings is 1. The van der Waals surface area contributed by atoms with Crippen molar-refractivity contribution in [2.45, 2.75) is 38.4 Å². The molecule has 5 nitrogen and oxygen atoms in total. The van der Waals surface area contributed by atoms with Crippen molar-refractivity contribution >= 4 is 0 Å². The largest absolute Gasteiger partial charge is 0.472 e. The third kappa shape index (κ3) is 2.83. The van der Waals surface area contributed by atoms with Crippen LogP contribution in [-0.2, 0) is 24.4 Å². The van der Waals surface area contributed by atoms with Gasteiger partial charge in [0.05, 0.1) is 31.2 Å². The van der Waals surface area contributed by atoms with Crippen molar-refractivity contribution < 1.29 is 9.15 Å². The lowest BCUT2D eigenvalue weighted by molar-refractivity contribution is 0.131. The monoisotopic (exact) mass is 301 g/mol. The van der Waals surface area contributed by atoms with Crippen molar-refractivity contribution in [2.75, 3.05) is 20.3 Å². The maximum atomic E-state index is 5.48. The first-order chi connectivity index (χ1) is 10.8. The van der Waals surface area contributed by atoms with Gasteiger partial charge in [-0.1, -0.05) is 0 Å². The highest BCUT2D eigenvalue weighted by molar-refractivity contribution is 5.23. The SMILES string of the molecule is COC[C@H]1CN(Cc2ccoc2)Cc2ncn(CC3CC3)c21. The van der Waals surface area contributed by atoms with Crippen LogP contribution in [0.25, 0.3) is 0 Å². The minimum absolute atomic E-state index is 0.405. The summed E-state index contributed by atoms with van der Waals surface area (Å²) in [7, 11) is 1.79. The van der Waals surface area contributed by atoms with E-state index in [1.165, 1.54) is 29.8 Å². The Bertz CT molecular complexity index is 616. The molecule has 4 rings (SSSR count). The Morgan fingerprint density at radius 1 is 1.41 bits per heavy atom. The Hall–Kier alpha value is -1.59. The maximum absolute atomic E-state index is 5.48. The average molecular weight is 301 g/mol. The van der Waals surface area contributed by atoms with Crippen LogP contribution >= 0.6 is 0 Å². The smallest absolute Gasteiger partial charge is 0.0952 e. The summed E-state index contributed by atoms with van der Waals surface area (Å²) in [5.41, 5.74) is 3.84. The molecule has 118 valence electrons. The van der Waals surface area contributed by atoms with Crippen LogP contribution < -0.4 is 0 Å². The fourth-order valence-electron chi connectivity index (χ4n) is 3.52. The van der Waals surface area contributed by atoms with Gasteiger partial charge in [-0.3, -0.25) is 4.90 Å². The zero-order chi connectivity index (χ0) is 14.9. The summed E-state index contributed by atoms with van der Waals surface area (Å²) in [5, 5.41) is 0. The lowest BCUT2D eigenvalue weighted by Gasteiger charge is -2.32. The van der Waals surface area contributed by atoms with Gasteiger partial charge in [0, 0.05) is 50.5 Å². The Balaban J connectivity index is 1.55. The molecule has 1 aliphatic carbocycles. The van der Waals surface area contributed by atoms with Crippen molar-refractivity contribution in [2.24, 2.45) is 5.92 Å². The molecule has 1 saturated carbocycles. The van der Waals surface area contributed by atoms with Gasteiger partial charge in [0.15, 0.2) is 0 Å². The van der Waals surface area contributed by atoms with Crippen LogP contribution in [0.3, 0.4) is 0 Å². The normalized spacial score (nSPS) is 22.0. The summed E-state index contributed by atoms with van der Waals surface area (Å²) in [5.74, 6) is 1.27. The fraction of sp³-hybridized carbons (Fsp3) is 0.588. The van der Waals surface area contributed by atoms with E-state index < -0.39 is 0 Å². The molecule has 2 aromatic heterocycles. The molecule has 5 heteroatoms. The molecule has 1 atom stereocenters. The highest BCUT2D eigenvalue weighted by Crippen LogP contribution is 2.34. The number of aromatic nitrogens is 2. The summed E-state index contributed by atoms with van der Waals surface area (Å²) >= 11 is 0. The van der Waals surface area contributed by atoms with Gasteiger partial charge in [-0.2, -0.15) is 0 Å². The van der Waals surface area contributed by atoms with Gasteiger partial charge in [-0.15, -0.1) is 0 Å². The molecule has 0 aromatic carbocycles. The van der Waals surface area contributed by atoms with E-state index in [0.717, 1.165) is 38.7 Å². The number of nitrogens with zero attached hydrogens (tertiary/aromatic N) is 3. The summed E-state index contributed by atoms with van der Waals surface area (Å²) in [6, 6.07) is 2.03. The minimum Gasteiger partial charge on any atom is -0.472 e. The van der Waals surface area contributed by atoms with Crippen LogP contribution in [0.2, 0.25) is 0 Å². The van der Waals surface area contributed by atoms with Crippen LogP contribution in [0.1, 0.15) is 35.7 Å². The van der Waals surface area contributed by atoms with E-state index in [1.807, 2.05) is 18.7 Å². The first kappa shape index (κ1) is 14.0. The molecule has 0 spiro atoms. The van der Waals surface area contributed by atoms with E-state index in [9.17, 15) is 0 Å². The highest BCUT2D eigenvalue weighted by Gasteiger charge is 2.31. The van der Waals surface area contributed by atoms with E-state index in [0.29, 0.717) is 5.92 Å². The molecule has 0 radical (unpaired) electrons. The van der Waals surface area contributed by atoms with E-state index in [4.69, 9.17) is 14.1 Å². The van der Waals surface area contributed by atoms with Crippen LogP contribution in [0.4, 0.5) is 0 Å². The molecule has 1 aliphatic heterocycles. The summed E-state index contributed by atoms with van der Waals surface area (Å²) in [4.78, 5) is 7.13. The topological polar surface area (TPSA) is 43.4 Å². The first-order valence-electron chi connectivity index (χ1n) is 8.09. The predicted octanol–water partition coefficient (Wildman–Crippen LogP) is 2.63. The van der Waals surface area contributed by atoms with Crippen molar-refractivity contribution in [1.82, 2.24) is 14.5 Å². The Labute approximate surface area is 130 Å². The van der Waals surface area contributed by atoms with Crippen LogP contribution in [0, 0.1) is 5.92 Å². The van der Waals surface area contributed by atoms with E-state index in [2.05, 4.69) is 9.47 Å². The molecule has 0 bridgehead atoms. The van der Waals surface area contributed by atoms with Crippen LogP contribution in [-0.4, -0.2) is 34.7 Å². The van der Waals surface area contributed by atoms with Gasteiger partial charge in [0.25, 0.3) is 0 Å². The lowest BCUT2D eigenvalue weighted by Crippen LogP contribution is -2.36. The van der Waals surface area contributed by atoms with Crippen LogP contribution in [0.5, 0.6) is 0 Å². The van der Waals surface area contributed by atoms with Gasteiger partial charge in [-0.25, -0.2) is 4.98 Å². The number of ether oxygens (including phenoxy) is 1. The number of fused-ring (bicyclic) bond motifs is 1. The number of hydrogen-bond donors (Lipinski definition) is 0. The molecule has 0 N–H and O–H groups in total. The number of methoxy groups -OCH3 is 1. The number of imidazole rings is 1. The molecule has 22 heavy (non-hydrogen) atoms. The molecule has 0 amide bonds. The van der Waals surface area contributed by atoms with Crippen molar-refractivity contribution in [3.8, 4) is 0 Å². The zero-order valence-corrected chi connectivity index (χ0v) is 13.1. The van der Waals surface area contributed by atoms with Crippen molar-refractivity contribution in [1.29, 1.82) is 0 Å². The van der Waals surface area contributed by atoms with E-state index in [-0.39, 0.29) is 0 Å². The molecule has 2 aliphatic rings.